The maximum atomic E-state index is 15.0. The number of piperidine rings is 1. The fourth-order valence-electron chi connectivity index (χ4n) is 5.20. The molecule has 6 rings (SSSR count). The lowest BCUT2D eigenvalue weighted by Gasteiger charge is -2.34. The molecule has 2 atom stereocenters. The number of amides is 1. The van der Waals surface area contributed by atoms with Crippen molar-refractivity contribution in [3.63, 3.8) is 0 Å². The molecule has 0 saturated carbocycles. The number of sulfonamides is 1. The first-order valence-electron chi connectivity index (χ1n) is 14.5. The molecule has 1 fully saturated rings. The fourth-order valence-corrected chi connectivity index (χ4v) is 6.40. The van der Waals surface area contributed by atoms with Crippen LogP contribution in [0.1, 0.15) is 17.5 Å². The first-order chi connectivity index (χ1) is 22.2. The van der Waals surface area contributed by atoms with Crippen molar-refractivity contribution in [1.82, 2.24) is 19.9 Å². The zero-order chi connectivity index (χ0) is 32.1. The molecule has 0 radical (unpaired) electrons. The van der Waals surface area contributed by atoms with Gasteiger partial charge < -0.3 is 15.0 Å². The zero-order valence-electron chi connectivity index (χ0n) is 24.5. The average Bonchev–Trinajstić information content (AvgIpc) is 3.04. The van der Waals surface area contributed by atoms with E-state index in [4.69, 9.17) is 4.74 Å². The SMILES string of the molecule is O=C(OCc1ccccc1)N1C[C@@H](F)C[C@H](Nc2ncc3cc(-c4ccc(NS(=O)(=O)Cc5ccccc5)c(F)c4)ncc3n2)C1. The van der Waals surface area contributed by atoms with Crippen LogP contribution < -0.4 is 10.0 Å². The number of carbonyl (C=O) groups is 1. The normalized spacial score (nSPS) is 16.6. The molecule has 1 aliphatic rings. The van der Waals surface area contributed by atoms with Gasteiger partial charge in [0.1, 0.15) is 18.6 Å². The van der Waals surface area contributed by atoms with Gasteiger partial charge in [0.25, 0.3) is 0 Å². The van der Waals surface area contributed by atoms with E-state index in [2.05, 4.69) is 25.0 Å². The minimum Gasteiger partial charge on any atom is -0.445 e. The molecule has 5 aromatic rings. The number of nitrogens with zero attached hydrogens (tertiary/aromatic N) is 4. The van der Waals surface area contributed by atoms with Crippen LogP contribution in [0.15, 0.2) is 97.3 Å². The van der Waals surface area contributed by atoms with Gasteiger partial charge in [-0.15, -0.1) is 0 Å². The molecule has 1 aliphatic heterocycles. The third-order valence-electron chi connectivity index (χ3n) is 7.39. The lowest BCUT2D eigenvalue weighted by molar-refractivity contribution is 0.0685. The number of benzene rings is 3. The summed E-state index contributed by atoms with van der Waals surface area (Å²) in [6.45, 7) is 0.257. The van der Waals surface area contributed by atoms with Crippen molar-refractivity contribution in [2.24, 2.45) is 0 Å². The van der Waals surface area contributed by atoms with Gasteiger partial charge in [0.05, 0.1) is 35.4 Å². The third-order valence-corrected chi connectivity index (χ3v) is 8.64. The predicted molar refractivity (Wildman–Crippen MR) is 171 cm³/mol. The number of fused-ring (bicyclic) bond motifs is 1. The smallest absolute Gasteiger partial charge is 0.410 e. The lowest BCUT2D eigenvalue weighted by Crippen LogP contribution is -2.50. The molecule has 1 amide bonds. The largest absolute Gasteiger partial charge is 0.445 e. The van der Waals surface area contributed by atoms with Gasteiger partial charge in [-0.3, -0.25) is 9.71 Å². The summed E-state index contributed by atoms with van der Waals surface area (Å²) < 4.78 is 62.4. The topological polar surface area (TPSA) is 126 Å². The quantitative estimate of drug-likeness (QED) is 0.202. The van der Waals surface area contributed by atoms with Crippen LogP contribution in [0.5, 0.6) is 0 Å². The number of pyridine rings is 1. The molecular formula is C33H30F2N6O4S. The highest BCUT2D eigenvalue weighted by molar-refractivity contribution is 7.91. The summed E-state index contributed by atoms with van der Waals surface area (Å²) in [5, 5.41) is 3.74. The van der Waals surface area contributed by atoms with Gasteiger partial charge in [-0.2, -0.15) is 0 Å². The number of alkyl halides is 1. The molecule has 3 heterocycles. The number of carbonyl (C=O) groups excluding carboxylic acids is 1. The van der Waals surface area contributed by atoms with Gasteiger partial charge in [0, 0.05) is 36.2 Å². The fraction of sp³-hybridized carbons (Fsp3) is 0.212. The monoisotopic (exact) mass is 644 g/mol. The Kier molecular flexibility index (Phi) is 9.01. The highest BCUT2D eigenvalue weighted by Gasteiger charge is 2.31. The second kappa shape index (κ2) is 13.4. The summed E-state index contributed by atoms with van der Waals surface area (Å²) in [6.07, 6.45) is 1.41. The number of anilines is 2. The van der Waals surface area contributed by atoms with E-state index in [9.17, 15) is 22.0 Å². The number of halogens is 2. The number of hydrogen-bond acceptors (Lipinski definition) is 8. The molecular weight excluding hydrogens is 614 g/mol. The summed E-state index contributed by atoms with van der Waals surface area (Å²) in [7, 11) is -3.83. The molecule has 0 unspecified atom stereocenters. The van der Waals surface area contributed by atoms with Gasteiger partial charge in [0.2, 0.25) is 16.0 Å². The predicted octanol–water partition coefficient (Wildman–Crippen LogP) is 5.93. The third kappa shape index (κ3) is 7.72. The Morgan fingerprint density at radius 2 is 1.67 bits per heavy atom. The van der Waals surface area contributed by atoms with Crippen LogP contribution in [0.25, 0.3) is 22.2 Å². The minimum atomic E-state index is -3.83. The molecule has 46 heavy (non-hydrogen) atoms. The molecule has 10 nitrogen and oxygen atoms in total. The first kappa shape index (κ1) is 30.8. The summed E-state index contributed by atoms with van der Waals surface area (Å²) >= 11 is 0. The Hall–Kier alpha value is -5.17. The van der Waals surface area contributed by atoms with Crippen LogP contribution in [0, 0.1) is 5.82 Å². The maximum Gasteiger partial charge on any atom is 0.410 e. The Morgan fingerprint density at radius 3 is 2.41 bits per heavy atom. The molecule has 13 heteroatoms. The lowest BCUT2D eigenvalue weighted by atomic mass is 10.0. The van der Waals surface area contributed by atoms with Crippen LogP contribution >= 0.6 is 0 Å². The summed E-state index contributed by atoms with van der Waals surface area (Å²) in [4.78, 5) is 27.2. The number of ether oxygens (including phenoxy) is 1. The molecule has 0 bridgehead atoms. The van der Waals surface area contributed by atoms with Gasteiger partial charge in [-0.05, 0) is 29.3 Å². The molecule has 236 valence electrons. The molecule has 0 spiro atoms. The highest BCUT2D eigenvalue weighted by atomic mass is 32.2. The van der Waals surface area contributed by atoms with Crippen molar-refractivity contribution in [2.45, 2.75) is 31.0 Å². The zero-order valence-corrected chi connectivity index (χ0v) is 25.3. The van der Waals surface area contributed by atoms with E-state index >= 15 is 0 Å². The Balaban J connectivity index is 1.10. The van der Waals surface area contributed by atoms with Crippen molar-refractivity contribution in [2.75, 3.05) is 23.1 Å². The van der Waals surface area contributed by atoms with Crippen LogP contribution in [0.2, 0.25) is 0 Å². The second-order valence-electron chi connectivity index (χ2n) is 11.0. The van der Waals surface area contributed by atoms with E-state index < -0.39 is 34.1 Å². The number of likely N-dealkylation sites (tertiary alicyclic amines) is 1. The van der Waals surface area contributed by atoms with Crippen LogP contribution in [0.4, 0.5) is 25.2 Å². The van der Waals surface area contributed by atoms with E-state index in [1.165, 1.54) is 23.2 Å². The van der Waals surface area contributed by atoms with Crippen molar-refractivity contribution in [3.8, 4) is 11.3 Å². The minimum absolute atomic E-state index is 0.0573. The number of aromatic nitrogens is 3. The molecule has 2 N–H and O–H groups in total. The van der Waals surface area contributed by atoms with Crippen molar-refractivity contribution in [1.29, 1.82) is 0 Å². The van der Waals surface area contributed by atoms with Crippen LogP contribution in [-0.2, 0) is 27.1 Å². The van der Waals surface area contributed by atoms with Gasteiger partial charge in [0.15, 0.2) is 0 Å². The van der Waals surface area contributed by atoms with Crippen LogP contribution in [-0.4, -0.2) is 59.7 Å². The van der Waals surface area contributed by atoms with E-state index in [0.717, 1.165) is 5.56 Å². The number of hydrogen-bond donors (Lipinski definition) is 2. The Labute approximate surface area is 264 Å². The number of rotatable bonds is 9. The second-order valence-corrected chi connectivity index (χ2v) is 12.7. The van der Waals surface area contributed by atoms with E-state index in [-0.39, 0.29) is 43.5 Å². The van der Waals surface area contributed by atoms with E-state index in [0.29, 0.717) is 27.7 Å². The summed E-state index contributed by atoms with van der Waals surface area (Å²) in [6, 6.07) is 23.3. The molecule has 3 aromatic carbocycles. The van der Waals surface area contributed by atoms with Crippen LogP contribution in [0.3, 0.4) is 0 Å². The Bertz CT molecular complexity index is 1950. The summed E-state index contributed by atoms with van der Waals surface area (Å²) in [5.74, 6) is -0.785. The molecule has 0 aliphatic carbocycles. The van der Waals surface area contributed by atoms with Gasteiger partial charge in [-0.1, -0.05) is 66.7 Å². The summed E-state index contributed by atoms with van der Waals surface area (Å²) in [5.41, 5.74) is 2.62. The molecule has 1 saturated heterocycles. The number of nitrogens with one attached hydrogen (secondary N) is 2. The standard InChI is InChI=1S/C33H30F2N6O4S/c34-26-15-27(19-41(18-26)33(42)45-20-22-7-3-1-4-8-22)38-32-37-16-25-14-30(36-17-31(25)39-32)24-11-12-29(28(35)13-24)40-46(43,44)21-23-9-5-2-6-10-23/h1-14,16-17,26-27,40H,15,18-21H2,(H,37,38,39)/t26-,27-/m0/s1. The van der Waals surface area contributed by atoms with Crippen molar-refractivity contribution in [3.05, 3.63) is 114 Å². The van der Waals surface area contributed by atoms with Gasteiger partial charge >= 0.3 is 6.09 Å². The highest BCUT2D eigenvalue weighted by Crippen LogP contribution is 2.27. The average molecular weight is 645 g/mol. The van der Waals surface area contributed by atoms with Crippen molar-refractivity contribution >= 4 is 38.7 Å². The van der Waals surface area contributed by atoms with E-state index in [1.54, 1.807) is 48.7 Å². The van der Waals surface area contributed by atoms with E-state index in [1.807, 2.05) is 30.3 Å². The molecule has 2 aromatic heterocycles. The van der Waals surface area contributed by atoms with Crippen molar-refractivity contribution < 1.29 is 26.7 Å². The maximum absolute atomic E-state index is 15.0. The first-order valence-corrected chi connectivity index (χ1v) is 16.2. The Morgan fingerprint density at radius 1 is 0.935 bits per heavy atom. The van der Waals surface area contributed by atoms with Gasteiger partial charge in [-0.25, -0.2) is 32.0 Å².